The number of rotatable bonds is 11. The number of phenols is 1. The minimum atomic E-state index is -1.77. The van der Waals surface area contributed by atoms with Crippen LogP contribution >= 0.6 is 23.2 Å². The fourth-order valence-electron chi connectivity index (χ4n) is 10.1. The van der Waals surface area contributed by atoms with E-state index in [4.69, 9.17) is 27.9 Å². The quantitative estimate of drug-likeness (QED) is 0.0650. The molecule has 0 unspecified atom stereocenters. The number of allylic oxidation sites excluding steroid dienone is 3. The molecule has 4 amide bonds. The van der Waals surface area contributed by atoms with Gasteiger partial charge in [-0.3, -0.25) is 44.8 Å². The van der Waals surface area contributed by atoms with Gasteiger partial charge >= 0.3 is 11.4 Å². The van der Waals surface area contributed by atoms with E-state index in [-0.39, 0.29) is 52.7 Å². The highest BCUT2D eigenvalue weighted by Crippen LogP contribution is 2.65. The Hall–Kier alpha value is -6.78. The first-order valence-electron chi connectivity index (χ1n) is 19.4. The van der Waals surface area contributed by atoms with Crippen molar-refractivity contribution in [3.63, 3.8) is 0 Å². The van der Waals surface area contributed by atoms with E-state index in [0.29, 0.717) is 27.5 Å². The average Bonchev–Trinajstić information content (AvgIpc) is 3.62. The normalized spacial score (nSPS) is 24.0. The first kappa shape index (κ1) is 41.9. The number of methoxy groups -OCH3 is 1. The van der Waals surface area contributed by atoms with Crippen molar-refractivity contribution in [3.05, 3.63) is 144 Å². The van der Waals surface area contributed by atoms with Crippen molar-refractivity contribution in [3.8, 4) is 11.5 Å². The largest absolute Gasteiger partial charge is 0.507 e. The molecule has 2 heterocycles. The van der Waals surface area contributed by atoms with Crippen LogP contribution < -0.4 is 20.0 Å². The van der Waals surface area contributed by atoms with Gasteiger partial charge in [0, 0.05) is 42.7 Å². The minimum absolute atomic E-state index is 0.0327. The number of phenolic OH excluding ortho intramolecular Hbond substituents is 1. The molecule has 0 aromatic heterocycles. The number of halogens is 2. The number of hydrogen-bond acceptors (Lipinski definition) is 12. The first-order valence-corrected chi connectivity index (χ1v) is 20.2. The van der Waals surface area contributed by atoms with E-state index in [1.807, 2.05) is 0 Å². The highest BCUT2D eigenvalue weighted by molar-refractivity contribution is 6.36. The second kappa shape index (κ2) is 15.6. The van der Waals surface area contributed by atoms with Crippen molar-refractivity contribution in [1.82, 2.24) is 5.01 Å². The number of nitrogens with zero attached hydrogens (tertiary/aromatic N) is 5. The number of hydrogen-bond donors (Lipinski definition) is 2. The monoisotopic (exact) mass is 880 g/mol. The van der Waals surface area contributed by atoms with E-state index >= 15 is 9.59 Å². The summed E-state index contributed by atoms with van der Waals surface area (Å²) in [5.41, 5.74) is 0.984. The molecular weight excluding hydrogens is 843 g/mol. The van der Waals surface area contributed by atoms with Crippen LogP contribution in [0, 0.1) is 43.9 Å². The lowest BCUT2D eigenvalue weighted by molar-refractivity contribution is -0.392. The molecule has 4 aliphatic rings. The van der Waals surface area contributed by atoms with Crippen LogP contribution in [-0.2, 0) is 31.0 Å². The smallest absolute Gasteiger partial charge is 0.301 e. The molecule has 0 spiro atoms. The van der Waals surface area contributed by atoms with Gasteiger partial charge in [-0.05, 0) is 66.6 Å². The second-order valence-electron chi connectivity index (χ2n) is 15.8. The summed E-state index contributed by atoms with van der Waals surface area (Å²) in [6.07, 6.45) is 3.47. The van der Waals surface area contributed by atoms with Gasteiger partial charge in [0.1, 0.15) is 11.5 Å². The number of para-hydroxylation sites is 1. The van der Waals surface area contributed by atoms with Crippen molar-refractivity contribution < 1.29 is 38.9 Å². The van der Waals surface area contributed by atoms with E-state index in [1.54, 1.807) is 54.6 Å². The Labute approximate surface area is 364 Å². The lowest BCUT2D eigenvalue weighted by Gasteiger charge is -2.50. The van der Waals surface area contributed by atoms with Crippen LogP contribution in [0.5, 0.6) is 11.5 Å². The van der Waals surface area contributed by atoms with Crippen molar-refractivity contribution in [1.29, 1.82) is 0 Å². The highest BCUT2D eigenvalue weighted by atomic mass is 35.5. The molecule has 0 radical (unpaired) electrons. The fourth-order valence-corrected chi connectivity index (χ4v) is 10.5. The van der Waals surface area contributed by atoms with Crippen molar-refractivity contribution in [2.45, 2.75) is 30.6 Å². The van der Waals surface area contributed by atoms with Gasteiger partial charge in [-0.15, -0.1) is 6.58 Å². The minimum Gasteiger partial charge on any atom is -0.507 e. The maximum absolute atomic E-state index is 15.6. The number of benzene rings is 4. The number of ether oxygens (including phenoxy) is 1. The summed E-state index contributed by atoms with van der Waals surface area (Å²) in [6.45, 7) is 3.83. The molecule has 2 aliphatic heterocycles. The molecule has 16 nitrogen and oxygen atoms in total. The summed E-state index contributed by atoms with van der Waals surface area (Å²) in [7, 11) is 4.28. The van der Waals surface area contributed by atoms with E-state index in [1.165, 1.54) is 44.3 Å². The topological polar surface area (TPSA) is 206 Å². The number of fused-ring (bicyclic) bond motifs is 4. The van der Waals surface area contributed by atoms with Crippen molar-refractivity contribution >= 4 is 75.3 Å². The molecule has 8 rings (SSSR count). The molecule has 6 atom stereocenters. The molecule has 2 aliphatic carbocycles. The van der Waals surface area contributed by atoms with Gasteiger partial charge in [0.25, 0.3) is 11.8 Å². The summed E-state index contributed by atoms with van der Waals surface area (Å²) in [4.78, 5) is 85.0. The molecule has 4 aromatic carbocycles. The van der Waals surface area contributed by atoms with E-state index in [9.17, 15) is 34.9 Å². The van der Waals surface area contributed by atoms with Crippen LogP contribution in [0.25, 0.3) is 0 Å². The molecule has 0 bridgehead atoms. The van der Waals surface area contributed by atoms with Gasteiger partial charge in [0.15, 0.2) is 5.69 Å². The number of carbonyl (C=O) groups is 4. The number of nitro groups is 2. The Morgan fingerprint density at radius 1 is 0.952 bits per heavy atom. The number of nitro benzene ring substituents is 2. The van der Waals surface area contributed by atoms with E-state index < -0.39 is 79.9 Å². The Morgan fingerprint density at radius 3 is 2.23 bits per heavy atom. The number of nitrogens with one attached hydrogen (secondary N) is 1. The summed E-state index contributed by atoms with van der Waals surface area (Å²) in [6, 6.07) is 18.2. The molecule has 2 N–H and O–H groups in total. The lowest BCUT2D eigenvalue weighted by atomic mass is 9.49. The Bertz CT molecular complexity index is 2640. The third kappa shape index (κ3) is 6.26. The van der Waals surface area contributed by atoms with Gasteiger partial charge < -0.3 is 14.7 Å². The number of aromatic hydroxyl groups is 1. The molecule has 4 aromatic rings. The number of hydrazine groups is 1. The van der Waals surface area contributed by atoms with Gasteiger partial charge in [-0.25, -0.2) is 4.90 Å². The molecule has 1 saturated carbocycles. The molecule has 3 fully saturated rings. The molecular formula is C44H38Cl2N6O10. The highest BCUT2D eigenvalue weighted by Gasteiger charge is 2.71. The van der Waals surface area contributed by atoms with Crippen LogP contribution in [0.4, 0.5) is 28.4 Å². The summed E-state index contributed by atoms with van der Waals surface area (Å²) >= 11 is 12.7. The van der Waals surface area contributed by atoms with Crippen LogP contribution in [-0.4, -0.2) is 64.8 Å². The number of carbonyl (C=O) groups excluding carboxylic acids is 4. The van der Waals surface area contributed by atoms with Crippen LogP contribution in [0.2, 0.25) is 10.0 Å². The summed E-state index contributed by atoms with van der Waals surface area (Å²) < 4.78 is 5.46. The van der Waals surface area contributed by atoms with Crippen LogP contribution in [0.1, 0.15) is 35.4 Å². The van der Waals surface area contributed by atoms with E-state index in [2.05, 4.69) is 12.0 Å². The Morgan fingerprint density at radius 2 is 1.63 bits per heavy atom. The van der Waals surface area contributed by atoms with Gasteiger partial charge in [0.2, 0.25) is 11.8 Å². The number of anilines is 3. The first-order chi connectivity index (χ1) is 29.6. The molecule has 18 heteroatoms. The Balaban J connectivity index is 1.34. The maximum Gasteiger partial charge on any atom is 0.301 e. The van der Waals surface area contributed by atoms with Crippen molar-refractivity contribution in [2.75, 3.05) is 36.4 Å². The van der Waals surface area contributed by atoms with Crippen molar-refractivity contribution in [2.24, 2.45) is 23.7 Å². The summed E-state index contributed by atoms with van der Waals surface area (Å²) in [5.74, 6) is -8.01. The second-order valence-corrected chi connectivity index (χ2v) is 16.7. The molecule has 2 saturated heterocycles. The third-order valence-electron chi connectivity index (χ3n) is 12.6. The van der Waals surface area contributed by atoms with Gasteiger partial charge in [-0.1, -0.05) is 71.3 Å². The lowest BCUT2D eigenvalue weighted by Crippen LogP contribution is -2.53. The number of imide groups is 2. The zero-order valence-electron chi connectivity index (χ0n) is 33.4. The fraction of sp³-hybridized carbons (Fsp3) is 0.273. The molecule has 62 heavy (non-hydrogen) atoms. The summed E-state index contributed by atoms with van der Waals surface area (Å²) in [5, 5.41) is 38.0. The predicted molar refractivity (Wildman–Crippen MR) is 229 cm³/mol. The zero-order chi connectivity index (χ0) is 44.5. The van der Waals surface area contributed by atoms with Gasteiger partial charge in [-0.2, -0.15) is 5.01 Å². The number of amides is 4. The SMILES string of the molecule is C=CCc1cccc([C@H]2C3=CC[C@@H]4C(=O)N(c5cc([N+](=O)[O-])c(N(C)C)c([N+](=O)[O-])c5)C(=O)[C@@H]4[C@@H]3C[C@H]3C(=O)N(Nc4ccc(Cl)cc4Cl)C(=O)[C@@]23c2ccc(OC)cc2)c1O. The van der Waals surface area contributed by atoms with Crippen LogP contribution in [0.3, 0.4) is 0 Å². The van der Waals surface area contributed by atoms with Crippen LogP contribution in [0.15, 0.2) is 97.1 Å². The zero-order valence-corrected chi connectivity index (χ0v) is 34.9. The predicted octanol–water partition coefficient (Wildman–Crippen LogP) is 7.51. The average molecular weight is 882 g/mol. The third-order valence-corrected chi connectivity index (χ3v) is 13.1. The standard InChI is InChI=1S/C44H38Cl2N6O10/c1-5-7-22-8-6-9-29(39(22)53)37-27-15-16-28-36(42(56)49(40(28)54)25-19-34(51(58)59)38(48(2)3)35(20-25)52(60)61)30(27)21-31-41(55)50(47-33-17-12-24(45)18-32(33)46)43(57)44(31,37)23-10-13-26(62-4)14-11-23/h5-6,8-15,17-20,28,30-31,36-37,47,53H,1,7,16,21H2,2-4H3/t28-,30+,31-,36-,37+,44+/m0/s1. The van der Waals surface area contributed by atoms with Gasteiger partial charge in [0.05, 0.1) is 56.5 Å². The Kier molecular flexibility index (Phi) is 10.6. The maximum atomic E-state index is 15.6. The van der Waals surface area contributed by atoms with E-state index in [0.717, 1.165) is 22.0 Å². The molecule has 318 valence electrons.